The third kappa shape index (κ3) is 4.22. The van der Waals surface area contributed by atoms with Crippen molar-refractivity contribution in [1.29, 1.82) is 0 Å². The van der Waals surface area contributed by atoms with Crippen molar-refractivity contribution in [3.63, 3.8) is 0 Å². The number of rotatable bonds is 5. The van der Waals surface area contributed by atoms with Gasteiger partial charge in [-0.3, -0.25) is 0 Å². The van der Waals surface area contributed by atoms with Gasteiger partial charge in [-0.2, -0.15) is 0 Å². The van der Waals surface area contributed by atoms with Crippen molar-refractivity contribution in [3.05, 3.63) is 35.4 Å². The Labute approximate surface area is 125 Å². The Hall–Kier alpha value is -1.04. The van der Waals surface area contributed by atoms with Crippen LogP contribution < -0.4 is 5.32 Å². The second-order valence-electron chi connectivity index (χ2n) is 5.91. The summed E-state index contributed by atoms with van der Waals surface area (Å²) < 4.78 is 27.5. The highest BCUT2D eigenvalue weighted by molar-refractivity contribution is 5.22. The van der Waals surface area contributed by atoms with Crippen LogP contribution in [0.3, 0.4) is 0 Å². The van der Waals surface area contributed by atoms with Crippen LogP contribution in [0.5, 0.6) is 0 Å². The van der Waals surface area contributed by atoms with E-state index >= 15 is 0 Å². The van der Waals surface area contributed by atoms with E-state index in [0.717, 1.165) is 32.6 Å². The third-order valence-electron chi connectivity index (χ3n) is 4.27. The summed E-state index contributed by atoms with van der Waals surface area (Å²) in [5.74, 6) is -0.724. The topological polar surface area (TPSA) is 18.5 Å². The van der Waals surface area contributed by atoms with E-state index in [9.17, 15) is 8.78 Å². The first-order chi connectivity index (χ1) is 10.0. The van der Waals surface area contributed by atoms with Gasteiger partial charge in [0, 0.05) is 37.3 Å². The van der Waals surface area contributed by atoms with Crippen molar-refractivity contribution in [2.24, 2.45) is 0 Å². The molecule has 21 heavy (non-hydrogen) atoms. The number of hydrogen-bond donors (Lipinski definition) is 1. The molecule has 1 aromatic rings. The van der Waals surface area contributed by atoms with Crippen LogP contribution in [0.15, 0.2) is 18.2 Å². The van der Waals surface area contributed by atoms with Gasteiger partial charge in [0.1, 0.15) is 11.6 Å². The molecule has 2 rings (SSSR count). The number of halogens is 2. The summed E-state index contributed by atoms with van der Waals surface area (Å²) in [5.41, 5.74) is 0.429. The van der Waals surface area contributed by atoms with Gasteiger partial charge in [-0.1, -0.05) is 6.92 Å². The Bertz CT molecular complexity index is 467. The summed E-state index contributed by atoms with van der Waals surface area (Å²) in [6.45, 7) is 5.72. The molecule has 1 fully saturated rings. The lowest BCUT2D eigenvalue weighted by Gasteiger charge is -2.39. The van der Waals surface area contributed by atoms with Gasteiger partial charge < -0.3 is 15.1 Å². The summed E-state index contributed by atoms with van der Waals surface area (Å²) in [5, 5.41) is 3.30. The lowest BCUT2D eigenvalue weighted by atomic mass is 9.96. The van der Waals surface area contributed by atoms with Gasteiger partial charge >= 0.3 is 0 Å². The molecule has 0 amide bonds. The van der Waals surface area contributed by atoms with E-state index in [1.54, 1.807) is 0 Å². The first-order valence-electron chi connectivity index (χ1n) is 7.58. The molecule has 1 saturated heterocycles. The minimum Gasteiger partial charge on any atom is -0.310 e. The van der Waals surface area contributed by atoms with Crippen LogP contribution in [0, 0.1) is 11.6 Å². The molecule has 1 aromatic carbocycles. The smallest absolute Gasteiger partial charge is 0.128 e. The molecular formula is C16H25F2N3. The zero-order valence-electron chi connectivity index (χ0n) is 13.1. The van der Waals surface area contributed by atoms with Crippen molar-refractivity contribution in [2.75, 3.05) is 40.3 Å². The molecule has 2 unspecified atom stereocenters. The lowest BCUT2D eigenvalue weighted by molar-refractivity contribution is 0.101. The number of likely N-dealkylation sites (N-methyl/N-ethyl adjacent to an activating group) is 2. The van der Waals surface area contributed by atoms with Crippen LogP contribution in [0.1, 0.15) is 24.9 Å². The van der Waals surface area contributed by atoms with Crippen molar-refractivity contribution >= 4 is 0 Å². The molecule has 1 aliphatic rings. The van der Waals surface area contributed by atoms with Gasteiger partial charge in [0.25, 0.3) is 0 Å². The molecule has 3 nitrogen and oxygen atoms in total. The van der Waals surface area contributed by atoms with Gasteiger partial charge in [0.2, 0.25) is 0 Å². The zero-order valence-corrected chi connectivity index (χ0v) is 13.1. The average molecular weight is 297 g/mol. The van der Waals surface area contributed by atoms with Crippen LogP contribution in [0.2, 0.25) is 0 Å². The molecule has 1 heterocycles. The maximum atomic E-state index is 14.0. The summed E-state index contributed by atoms with van der Waals surface area (Å²) in [7, 11) is 4.20. The van der Waals surface area contributed by atoms with E-state index in [2.05, 4.69) is 29.2 Å². The molecule has 0 radical (unpaired) electrons. The predicted molar refractivity (Wildman–Crippen MR) is 81.3 cm³/mol. The number of hydrogen-bond acceptors (Lipinski definition) is 3. The minimum absolute atomic E-state index is 0.162. The standard InChI is InChI=1S/C16H25F2N3/c1-4-19-16(14-9-12(17)5-6-15(14)18)10-13-11-20(2)7-8-21(13)3/h5-6,9,13,16,19H,4,7-8,10-11H2,1-3H3. The first kappa shape index (κ1) is 16.3. The molecule has 5 heteroatoms. The van der Waals surface area contributed by atoms with E-state index in [4.69, 9.17) is 0 Å². The van der Waals surface area contributed by atoms with Crippen molar-refractivity contribution in [2.45, 2.75) is 25.4 Å². The van der Waals surface area contributed by atoms with E-state index in [-0.39, 0.29) is 17.7 Å². The predicted octanol–water partition coefficient (Wildman–Crippen LogP) is 2.25. The van der Waals surface area contributed by atoms with Gasteiger partial charge in [-0.05, 0) is 45.3 Å². The number of nitrogens with one attached hydrogen (secondary N) is 1. The Kier molecular flexibility index (Phi) is 5.67. The molecule has 0 bridgehead atoms. The zero-order chi connectivity index (χ0) is 15.4. The lowest BCUT2D eigenvalue weighted by Crippen LogP contribution is -2.51. The van der Waals surface area contributed by atoms with Gasteiger partial charge in [0.15, 0.2) is 0 Å². The number of benzene rings is 1. The Balaban J connectivity index is 2.16. The summed E-state index contributed by atoms with van der Waals surface area (Å²) in [6, 6.07) is 3.88. The van der Waals surface area contributed by atoms with Crippen molar-refractivity contribution in [1.82, 2.24) is 15.1 Å². The highest BCUT2D eigenvalue weighted by Crippen LogP contribution is 2.25. The SMILES string of the molecule is CCNC(CC1CN(C)CCN1C)c1cc(F)ccc1F. The highest BCUT2D eigenvalue weighted by atomic mass is 19.1. The minimum atomic E-state index is -0.386. The number of nitrogens with zero attached hydrogens (tertiary/aromatic N) is 2. The molecule has 0 spiro atoms. The van der Waals surface area contributed by atoms with E-state index in [1.807, 2.05) is 6.92 Å². The molecule has 118 valence electrons. The van der Waals surface area contributed by atoms with Crippen LogP contribution in [0.4, 0.5) is 8.78 Å². The third-order valence-corrected chi connectivity index (χ3v) is 4.27. The second-order valence-corrected chi connectivity index (χ2v) is 5.91. The fourth-order valence-electron chi connectivity index (χ4n) is 2.98. The Morgan fingerprint density at radius 3 is 2.76 bits per heavy atom. The normalized spacial score (nSPS) is 22.4. The van der Waals surface area contributed by atoms with E-state index in [1.165, 1.54) is 18.2 Å². The van der Waals surface area contributed by atoms with Crippen LogP contribution in [-0.4, -0.2) is 56.1 Å². The monoisotopic (exact) mass is 297 g/mol. The Morgan fingerprint density at radius 2 is 2.05 bits per heavy atom. The van der Waals surface area contributed by atoms with Crippen molar-refractivity contribution in [3.8, 4) is 0 Å². The van der Waals surface area contributed by atoms with Crippen LogP contribution in [0.25, 0.3) is 0 Å². The fraction of sp³-hybridized carbons (Fsp3) is 0.625. The largest absolute Gasteiger partial charge is 0.310 e. The molecule has 0 saturated carbocycles. The molecule has 1 aliphatic heterocycles. The second kappa shape index (κ2) is 7.29. The van der Waals surface area contributed by atoms with Crippen LogP contribution in [-0.2, 0) is 0 Å². The molecule has 0 aliphatic carbocycles. The quantitative estimate of drug-likeness (QED) is 0.899. The van der Waals surface area contributed by atoms with Gasteiger partial charge in [-0.25, -0.2) is 8.78 Å². The molecule has 0 aromatic heterocycles. The van der Waals surface area contributed by atoms with E-state index in [0.29, 0.717) is 11.6 Å². The fourth-order valence-corrected chi connectivity index (χ4v) is 2.98. The summed E-state index contributed by atoms with van der Waals surface area (Å²) in [4.78, 5) is 4.59. The van der Waals surface area contributed by atoms with Gasteiger partial charge in [-0.15, -0.1) is 0 Å². The molecule has 2 atom stereocenters. The van der Waals surface area contributed by atoms with Crippen LogP contribution >= 0.6 is 0 Å². The van der Waals surface area contributed by atoms with Crippen molar-refractivity contribution < 1.29 is 8.78 Å². The highest BCUT2D eigenvalue weighted by Gasteiger charge is 2.27. The summed E-state index contributed by atoms with van der Waals surface area (Å²) >= 11 is 0. The Morgan fingerprint density at radius 1 is 1.29 bits per heavy atom. The maximum Gasteiger partial charge on any atom is 0.128 e. The molecule has 1 N–H and O–H groups in total. The first-order valence-corrected chi connectivity index (χ1v) is 7.58. The number of piperazine rings is 1. The molecular weight excluding hydrogens is 272 g/mol. The summed E-state index contributed by atoms with van der Waals surface area (Å²) in [6.07, 6.45) is 0.773. The maximum absolute atomic E-state index is 14.0. The van der Waals surface area contributed by atoms with Gasteiger partial charge in [0.05, 0.1) is 0 Å². The van der Waals surface area contributed by atoms with E-state index < -0.39 is 0 Å². The average Bonchev–Trinajstić information content (AvgIpc) is 2.45.